The van der Waals surface area contributed by atoms with E-state index in [-0.39, 0.29) is 11.3 Å². The fourth-order valence-electron chi connectivity index (χ4n) is 2.50. The lowest BCUT2D eigenvalue weighted by Crippen LogP contribution is -2.42. The van der Waals surface area contributed by atoms with Crippen LogP contribution in [0.5, 0.6) is 0 Å². The number of nitrogens with one attached hydrogen (secondary N) is 1. The van der Waals surface area contributed by atoms with Gasteiger partial charge in [-0.3, -0.25) is 4.79 Å². The van der Waals surface area contributed by atoms with E-state index in [2.05, 4.69) is 24.0 Å². The highest BCUT2D eigenvalue weighted by molar-refractivity contribution is 7.84. The minimum atomic E-state index is -0.527. The van der Waals surface area contributed by atoms with Gasteiger partial charge in [-0.1, -0.05) is 12.8 Å². The van der Waals surface area contributed by atoms with Crippen molar-refractivity contribution >= 4 is 18.5 Å². The summed E-state index contributed by atoms with van der Waals surface area (Å²) < 4.78 is 0. The van der Waals surface area contributed by atoms with Gasteiger partial charge in [-0.05, 0) is 18.9 Å². The number of nitrogens with zero attached hydrogens (tertiary/aromatic N) is 1. The molecular weight excluding hydrogens is 196 g/mol. The Morgan fingerprint density at radius 3 is 2.79 bits per heavy atom. The summed E-state index contributed by atoms with van der Waals surface area (Å²) in [5, 5.41) is 12.2. The fourth-order valence-corrected chi connectivity index (χ4v) is 2.87. The molecule has 2 rings (SSSR count). The molecule has 0 aromatic rings. The maximum Gasteiger partial charge on any atom is 0.243 e. The number of thiol groups is 1. The molecule has 1 N–H and O–H groups in total. The zero-order chi connectivity index (χ0) is 10.2. The summed E-state index contributed by atoms with van der Waals surface area (Å²) in [7, 11) is 0. The number of rotatable bonds is 0. The van der Waals surface area contributed by atoms with E-state index in [1.807, 2.05) is 6.08 Å². The molecule has 1 fully saturated rings. The maximum absolute atomic E-state index is 11.6. The minimum Gasteiger partial charge on any atom is -0.320 e. The van der Waals surface area contributed by atoms with Crippen LogP contribution in [0.2, 0.25) is 0 Å². The van der Waals surface area contributed by atoms with Gasteiger partial charge in [0.25, 0.3) is 0 Å². The third-order valence-corrected chi connectivity index (χ3v) is 3.42. The van der Waals surface area contributed by atoms with Crippen LogP contribution in [0.15, 0.2) is 11.1 Å². The van der Waals surface area contributed by atoms with Gasteiger partial charge in [0.2, 0.25) is 5.91 Å². The molecule has 1 aliphatic carbocycles. The Hall–Kier alpha value is -0.950. The first kappa shape index (κ1) is 9.60. The summed E-state index contributed by atoms with van der Waals surface area (Å²) in [6, 6.07) is 2.12. The normalized spacial score (nSPS) is 29.6. The Labute approximate surface area is 88.6 Å². The largest absolute Gasteiger partial charge is 0.320 e. The SMILES string of the molecule is N#CC1C(=O)NC(S)=CC12CCCC2. The van der Waals surface area contributed by atoms with Gasteiger partial charge in [0.15, 0.2) is 0 Å². The van der Waals surface area contributed by atoms with Crippen LogP contribution >= 0.6 is 12.6 Å². The van der Waals surface area contributed by atoms with Crippen molar-refractivity contribution in [1.29, 1.82) is 5.26 Å². The molecule has 1 atom stereocenters. The van der Waals surface area contributed by atoms with Crippen LogP contribution in [0.1, 0.15) is 25.7 Å². The Bertz CT molecular complexity index is 337. The number of allylic oxidation sites excluding steroid dienone is 1. The quantitative estimate of drug-likeness (QED) is 0.594. The summed E-state index contributed by atoms with van der Waals surface area (Å²) in [6.45, 7) is 0. The second-order valence-electron chi connectivity index (χ2n) is 4.02. The molecule has 4 heteroatoms. The smallest absolute Gasteiger partial charge is 0.243 e. The highest BCUT2D eigenvalue weighted by Crippen LogP contribution is 2.47. The molecule has 0 saturated heterocycles. The highest BCUT2D eigenvalue weighted by atomic mass is 32.1. The van der Waals surface area contributed by atoms with Crippen LogP contribution in [0, 0.1) is 22.7 Å². The lowest BCUT2D eigenvalue weighted by atomic mass is 9.72. The van der Waals surface area contributed by atoms with Gasteiger partial charge >= 0.3 is 0 Å². The standard InChI is InChI=1S/C10H12N2OS/c11-6-7-9(13)12-8(14)5-10(7)3-1-2-4-10/h5,7,14H,1-4H2,(H,12,13). The molecule has 1 amide bonds. The van der Waals surface area contributed by atoms with Crippen LogP contribution in [0.4, 0.5) is 0 Å². The average Bonchev–Trinajstić information content (AvgIpc) is 2.53. The molecule has 2 aliphatic rings. The first-order chi connectivity index (χ1) is 6.68. The van der Waals surface area contributed by atoms with E-state index in [9.17, 15) is 4.79 Å². The molecule has 1 unspecified atom stereocenters. The number of carbonyl (C=O) groups excluding carboxylic acids is 1. The molecule has 1 heterocycles. The summed E-state index contributed by atoms with van der Waals surface area (Å²) in [6.07, 6.45) is 6.02. The third-order valence-electron chi connectivity index (χ3n) is 3.18. The zero-order valence-electron chi connectivity index (χ0n) is 7.79. The van der Waals surface area contributed by atoms with Crippen molar-refractivity contribution in [2.45, 2.75) is 25.7 Å². The molecular formula is C10H12N2OS. The number of hydrogen-bond donors (Lipinski definition) is 2. The predicted octanol–water partition coefficient (Wildman–Crippen LogP) is 1.59. The molecule has 0 aromatic carbocycles. The van der Waals surface area contributed by atoms with Crippen molar-refractivity contribution in [2.75, 3.05) is 0 Å². The van der Waals surface area contributed by atoms with Gasteiger partial charge in [0, 0.05) is 5.41 Å². The van der Waals surface area contributed by atoms with Gasteiger partial charge in [0.1, 0.15) is 5.92 Å². The average molecular weight is 208 g/mol. The van der Waals surface area contributed by atoms with Crippen LogP contribution in [0.3, 0.4) is 0 Å². The minimum absolute atomic E-state index is 0.193. The molecule has 0 bridgehead atoms. The van der Waals surface area contributed by atoms with E-state index in [0.29, 0.717) is 5.03 Å². The Morgan fingerprint density at radius 2 is 2.21 bits per heavy atom. The molecule has 1 aliphatic heterocycles. The van der Waals surface area contributed by atoms with Crippen molar-refractivity contribution in [1.82, 2.24) is 5.32 Å². The number of hydrogen-bond acceptors (Lipinski definition) is 3. The summed E-state index contributed by atoms with van der Waals surface area (Å²) in [5.41, 5.74) is -0.228. The summed E-state index contributed by atoms with van der Waals surface area (Å²) in [4.78, 5) is 11.6. The van der Waals surface area contributed by atoms with Gasteiger partial charge in [0.05, 0.1) is 11.1 Å². The summed E-state index contributed by atoms with van der Waals surface area (Å²) in [5.74, 6) is -0.720. The van der Waals surface area contributed by atoms with Gasteiger partial charge < -0.3 is 5.32 Å². The third kappa shape index (κ3) is 1.32. The van der Waals surface area contributed by atoms with Crippen LogP contribution in [-0.2, 0) is 4.79 Å². The lowest BCUT2D eigenvalue weighted by molar-refractivity contribution is -0.125. The van der Waals surface area contributed by atoms with E-state index in [0.717, 1.165) is 25.7 Å². The topological polar surface area (TPSA) is 52.9 Å². The second-order valence-corrected chi connectivity index (χ2v) is 4.50. The Morgan fingerprint density at radius 1 is 1.57 bits per heavy atom. The highest BCUT2D eigenvalue weighted by Gasteiger charge is 2.46. The first-order valence-corrected chi connectivity index (χ1v) is 5.25. The molecule has 1 spiro atoms. The molecule has 0 radical (unpaired) electrons. The van der Waals surface area contributed by atoms with Crippen molar-refractivity contribution in [2.24, 2.45) is 11.3 Å². The molecule has 0 aromatic heterocycles. The van der Waals surface area contributed by atoms with E-state index in [1.54, 1.807) is 0 Å². The number of amides is 1. The Kier molecular flexibility index (Phi) is 2.28. The van der Waals surface area contributed by atoms with Crippen LogP contribution < -0.4 is 5.32 Å². The summed E-state index contributed by atoms with van der Waals surface area (Å²) >= 11 is 4.17. The van der Waals surface area contributed by atoms with E-state index in [1.165, 1.54) is 0 Å². The van der Waals surface area contributed by atoms with Crippen molar-refractivity contribution in [3.63, 3.8) is 0 Å². The fraction of sp³-hybridized carbons (Fsp3) is 0.600. The molecule has 14 heavy (non-hydrogen) atoms. The van der Waals surface area contributed by atoms with Gasteiger partial charge in [-0.25, -0.2) is 0 Å². The molecule has 74 valence electrons. The van der Waals surface area contributed by atoms with Crippen molar-refractivity contribution in [3.8, 4) is 6.07 Å². The monoisotopic (exact) mass is 208 g/mol. The van der Waals surface area contributed by atoms with E-state index >= 15 is 0 Å². The Balaban J connectivity index is 2.40. The maximum atomic E-state index is 11.6. The van der Waals surface area contributed by atoms with E-state index in [4.69, 9.17) is 5.26 Å². The van der Waals surface area contributed by atoms with Crippen molar-refractivity contribution < 1.29 is 4.79 Å². The van der Waals surface area contributed by atoms with E-state index < -0.39 is 5.92 Å². The zero-order valence-corrected chi connectivity index (χ0v) is 8.68. The lowest BCUT2D eigenvalue weighted by Gasteiger charge is -2.33. The number of nitriles is 1. The predicted molar refractivity (Wildman–Crippen MR) is 55.2 cm³/mol. The second kappa shape index (κ2) is 3.32. The van der Waals surface area contributed by atoms with Crippen molar-refractivity contribution in [3.05, 3.63) is 11.1 Å². The molecule has 1 saturated carbocycles. The van der Waals surface area contributed by atoms with Crippen LogP contribution in [-0.4, -0.2) is 5.91 Å². The number of carbonyl (C=O) groups is 1. The van der Waals surface area contributed by atoms with Gasteiger partial charge in [-0.15, -0.1) is 12.6 Å². The molecule has 3 nitrogen and oxygen atoms in total. The van der Waals surface area contributed by atoms with Crippen LogP contribution in [0.25, 0.3) is 0 Å². The first-order valence-electron chi connectivity index (χ1n) is 4.80. The van der Waals surface area contributed by atoms with Gasteiger partial charge in [-0.2, -0.15) is 5.26 Å².